The summed E-state index contributed by atoms with van der Waals surface area (Å²) in [7, 11) is 0. The molecule has 0 heterocycles. The van der Waals surface area contributed by atoms with Gasteiger partial charge in [0.1, 0.15) is 6.29 Å². The second-order valence-electron chi connectivity index (χ2n) is 1.23. The summed E-state index contributed by atoms with van der Waals surface area (Å²) < 4.78 is -0.262. The highest BCUT2D eigenvalue weighted by Crippen LogP contribution is 1.96. The fourth-order valence-corrected chi connectivity index (χ4v) is 0.161. The van der Waals surface area contributed by atoms with Crippen molar-refractivity contribution in [2.75, 3.05) is 0 Å². The lowest BCUT2D eigenvalue weighted by atomic mass is 10.2. The van der Waals surface area contributed by atoms with Crippen LogP contribution in [0.5, 0.6) is 0 Å². The summed E-state index contributed by atoms with van der Waals surface area (Å²) in [6.07, 6.45) is 0.594. The third-order valence-corrected chi connectivity index (χ3v) is 1.28. The lowest BCUT2D eigenvalue weighted by Crippen LogP contribution is -2.02. The zero-order chi connectivity index (χ0) is 5.86. The predicted octanol–water partition coefficient (Wildman–Crippen LogP) is 0.743. The number of hydrogen-bond donors (Lipinski definition) is 0. The fourth-order valence-electron chi connectivity index (χ4n) is 0.0535. The van der Waals surface area contributed by atoms with Crippen LogP contribution in [0, 0.1) is 5.92 Å². The molecule has 0 rings (SSSR count). The van der Waals surface area contributed by atoms with E-state index in [0.717, 1.165) is 0 Å². The Balaban J connectivity index is 3.55. The molecule has 0 aliphatic heterocycles. The number of aldehydes is 1. The van der Waals surface area contributed by atoms with Crippen molar-refractivity contribution < 1.29 is 9.59 Å². The Morgan fingerprint density at radius 2 is 2.29 bits per heavy atom. The van der Waals surface area contributed by atoms with Crippen LogP contribution in [0.4, 0.5) is 0 Å². The van der Waals surface area contributed by atoms with E-state index in [2.05, 4.69) is 15.9 Å². The molecule has 0 aromatic carbocycles. The molecule has 0 N–H and O–H groups in total. The maximum atomic E-state index is 10.1. The fraction of sp³-hybridized carbons (Fsp3) is 0.500. The second-order valence-corrected chi connectivity index (χ2v) is 2.01. The first-order valence-electron chi connectivity index (χ1n) is 1.83. The molecular formula is C4H5BrO2. The average molecular weight is 165 g/mol. The zero-order valence-corrected chi connectivity index (χ0v) is 5.44. The monoisotopic (exact) mass is 164 g/mol. The van der Waals surface area contributed by atoms with E-state index in [0.29, 0.717) is 6.29 Å². The topological polar surface area (TPSA) is 34.1 Å². The Labute approximate surface area is 50.0 Å². The Bertz CT molecular complexity index is 89.7. The van der Waals surface area contributed by atoms with Crippen molar-refractivity contribution in [1.82, 2.24) is 0 Å². The van der Waals surface area contributed by atoms with Crippen LogP contribution in [-0.2, 0) is 9.59 Å². The van der Waals surface area contributed by atoms with Gasteiger partial charge in [-0.15, -0.1) is 0 Å². The molecule has 0 spiro atoms. The average Bonchev–Trinajstić information content (AvgIpc) is 1.65. The predicted molar refractivity (Wildman–Crippen MR) is 29.2 cm³/mol. The van der Waals surface area contributed by atoms with Crippen molar-refractivity contribution >= 4 is 26.9 Å². The number of carbonyl (C=O) groups excluding carboxylic acids is 2. The van der Waals surface area contributed by atoms with Gasteiger partial charge in [-0.3, -0.25) is 4.79 Å². The van der Waals surface area contributed by atoms with Crippen LogP contribution in [0.3, 0.4) is 0 Å². The van der Waals surface area contributed by atoms with Crippen molar-refractivity contribution in [3.63, 3.8) is 0 Å². The summed E-state index contributed by atoms with van der Waals surface area (Å²) in [6.45, 7) is 1.53. The minimum atomic E-state index is -0.500. The molecule has 2 nitrogen and oxygen atoms in total. The summed E-state index contributed by atoms with van der Waals surface area (Å²) in [6, 6.07) is 0. The zero-order valence-electron chi connectivity index (χ0n) is 3.85. The highest BCUT2D eigenvalue weighted by atomic mass is 79.9. The van der Waals surface area contributed by atoms with E-state index in [9.17, 15) is 9.59 Å². The molecule has 1 unspecified atom stereocenters. The minimum absolute atomic E-state index is 0.262. The third kappa shape index (κ3) is 2.51. The molecule has 0 aliphatic rings. The van der Waals surface area contributed by atoms with Gasteiger partial charge in [0.05, 0.1) is 5.92 Å². The quantitative estimate of drug-likeness (QED) is 0.343. The first-order valence-corrected chi connectivity index (χ1v) is 2.62. The van der Waals surface area contributed by atoms with Crippen molar-refractivity contribution in [3.8, 4) is 0 Å². The van der Waals surface area contributed by atoms with Gasteiger partial charge in [0.25, 0.3) is 0 Å². The van der Waals surface area contributed by atoms with E-state index >= 15 is 0 Å². The molecular weight excluding hydrogens is 160 g/mol. The van der Waals surface area contributed by atoms with Crippen LogP contribution in [-0.4, -0.2) is 11.0 Å². The molecule has 0 saturated carbocycles. The highest BCUT2D eigenvalue weighted by molar-refractivity contribution is 9.18. The molecule has 3 heteroatoms. The molecule has 0 aliphatic carbocycles. The van der Waals surface area contributed by atoms with E-state index in [4.69, 9.17) is 0 Å². The van der Waals surface area contributed by atoms with E-state index in [-0.39, 0.29) is 4.69 Å². The Morgan fingerprint density at radius 3 is 2.29 bits per heavy atom. The summed E-state index contributed by atoms with van der Waals surface area (Å²) in [5.41, 5.74) is 0. The second kappa shape index (κ2) is 2.91. The molecule has 0 amide bonds. The SMILES string of the molecule is CC(C=O)C(=O)Br. The standard InChI is InChI=1S/C4H5BrO2/c1-3(2-6)4(5)7/h2-3H,1H3. The summed E-state index contributed by atoms with van der Waals surface area (Å²) in [5.74, 6) is -0.500. The molecule has 7 heavy (non-hydrogen) atoms. The largest absolute Gasteiger partial charge is 0.303 e. The number of halogens is 1. The van der Waals surface area contributed by atoms with Gasteiger partial charge in [0.15, 0.2) is 0 Å². The maximum absolute atomic E-state index is 10.1. The molecule has 0 saturated heterocycles. The number of rotatable bonds is 2. The summed E-state index contributed by atoms with van der Waals surface area (Å²) >= 11 is 2.63. The molecule has 0 aromatic rings. The third-order valence-electron chi connectivity index (χ3n) is 0.562. The van der Waals surface area contributed by atoms with Gasteiger partial charge in [0, 0.05) is 0 Å². The molecule has 0 aromatic heterocycles. The molecule has 0 fully saturated rings. The van der Waals surface area contributed by atoms with Crippen molar-refractivity contribution in [3.05, 3.63) is 0 Å². The smallest absolute Gasteiger partial charge is 0.207 e. The van der Waals surface area contributed by atoms with Crippen LogP contribution in [0.2, 0.25) is 0 Å². The van der Waals surface area contributed by atoms with E-state index in [1.807, 2.05) is 0 Å². The van der Waals surface area contributed by atoms with E-state index in [1.165, 1.54) is 6.92 Å². The number of carbonyl (C=O) groups is 2. The van der Waals surface area contributed by atoms with Crippen LogP contribution in [0.25, 0.3) is 0 Å². The summed E-state index contributed by atoms with van der Waals surface area (Å²) in [5, 5.41) is 0. The lowest BCUT2D eigenvalue weighted by molar-refractivity contribution is -0.120. The highest BCUT2D eigenvalue weighted by Gasteiger charge is 2.04. The first-order chi connectivity index (χ1) is 3.18. The van der Waals surface area contributed by atoms with Gasteiger partial charge in [-0.05, 0) is 22.9 Å². The van der Waals surface area contributed by atoms with Crippen molar-refractivity contribution in [2.24, 2.45) is 5.92 Å². The molecule has 1 atom stereocenters. The Morgan fingerprint density at radius 1 is 1.86 bits per heavy atom. The van der Waals surface area contributed by atoms with Crippen LogP contribution in [0.15, 0.2) is 0 Å². The number of hydrogen-bond acceptors (Lipinski definition) is 2. The Hall–Kier alpha value is -0.180. The maximum Gasteiger partial charge on any atom is 0.207 e. The van der Waals surface area contributed by atoms with Crippen molar-refractivity contribution in [2.45, 2.75) is 6.92 Å². The molecule has 0 bridgehead atoms. The van der Waals surface area contributed by atoms with Crippen LogP contribution < -0.4 is 0 Å². The minimum Gasteiger partial charge on any atom is -0.303 e. The molecule has 0 radical (unpaired) electrons. The van der Waals surface area contributed by atoms with Gasteiger partial charge in [-0.1, -0.05) is 0 Å². The lowest BCUT2D eigenvalue weighted by Gasteiger charge is -1.87. The first kappa shape index (κ1) is 6.82. The van der Waals surface area contributed by atoms with E-state index in [1.54, 1.807) is 0 Å². The van der Waals surface area contributed by atoms with Gasteiger partial charge >= 0.3 is 0 Å². The Kier molecular flexibility index (Phi) is 2.83. The van der Waals surface area contributed by atoms with Crippen molar-refractivity contribution in [1.29, 1.82) is 0 Å². The normalized spacial score (nSPS) is 12.9. The van der Waals surface area contributed by atoms with Gasteiger partial charge < -0.3 is 4.79 Å². The van der Waals surface area contributed by atoms with Crippen LogP contribution in [0.1, 0.15) is 6.92 Å². The van der Waals surface area contributed by atoms with Crippen LogP contribution >= 0.6 is 15.9 Å². The van der Waals surface area contributed by atoms with Gasteiger partial charge in [-0.2, -0.15) is 0 Å². The molecule has 40 valence electrons. The summed E-state index contributed by atoms with van der Waals surface area (Å²) in [4.78, 5) is 19.8. The van der Waals surface area contributed by atoms with E-state index < -0.39 is 5.92 Å². The van der Waals surface area contributed by atoms with Gasteiger partial charge in [-0.25, -0.2) is 0 Å². The van der Waals surface area contributed by atoms with Gasteiger partial charge in [0.2, 0.25) is 4.69 Å².